The number of aryl methyl sites for hydroxylation is 1. The van der Waals surface area contributed by atoms with Gasteiger partial charge in [0.2, 0.25) is 0 Å². The highest BCUT2D eigenvalue weighted by Gasteiger charge is 2.32. The topological polar surface area (TPSA) is 76.3 Å². The lowest BCUT2D eigenvalue weighted by atomic mass is 9.86. The highest BCUT2D eigenvalue weighted by Crippen LogP contribution is 2.39. The summed E-state index contributed by atoms with van der Waals surface area (Å²) in [4.78, 5) is 6.20. The molecule has 0 saturated heterocycles. The molecule has 1 aromatic heterocycles. The van der Waals surface area contributed by atoms with Crippen LogP contribution in [0.15, 0.2) is 54.7 Å². The Bertz CT molecular complexity index is 1310. The van der Waals surface area contributed by atoms with Crippen LogP contribution < -0.4 is 5.73 Å². The summed E-state index contributed by atoms with van der Waals surface area (Å²) in [6, 6.07) is 13.7. The van der Waals surface area contributed by atoms with Gasteiger partial charge in [-0.25, -0.2) is 8.42 Å². The molecule has 2 aromatic carbocycles. The number of nitrogen functional groups attached to an aromatic ring is 1. The maximum Gasteiger partial charge on any atom is 0.417 e. The predicted octanol–water partition coefficient (Wildman–Crippen LogP) is 4.65. The Labute approximate surface area is 197 Å². The molecule has 0 aliphatic carbocycles. The summed E-state index contributed by atoms with van der Waals surface area (Å²) in [5.74, 6) is 0.0281. The zero-order valence-corrected chi connectivity index (χ0v) is 19.7. The quantitative estimate of drug-likeness (QED) is 0.528. The molecule has 34 heavy (non-hydrogen) atoms. The molecule has 9 heteroatoms. The second-order valence-electron chi connectivity index (χ2n) is 8.74. The second kappa shape index (κ2) is 9.03. The number of fused-ring (bicyclic) bond motifs is 1. The first-order chi connectivity index (χ1) is 15.9. The van der Waals surface area contributed by atoms with Crippen molar-refractivity contribution in [3.05, 3.63) is 82.5 Å². The number of hydrogen-bond acceptors (Lipinski definition) is 5. The van der Waals surface area contributed by atoms with Crippen molar-refractivity contribution in [3.8, 4) is 11.3 Å². The molecule has 0 amide bonds. The van der Waals surface area contributed by atoms with Gasteiger partial charge in [-0.2, -0.15) is 13.2 Å². The average Bonchev–Trinajstić information content (AvgIpc) is 2.77. The average molecular weight is 490 g/mol. The molecule has 0 radical (unpaired) electrons. The fraction of sp³-hybridized carbons (Fsp3) is 0.320. The number of nitrogens with two attached hydrogens (primary N) is 1. The summed E-state index contributed by atoms with van der Waals surface area (Å²) in [6.07, 6.45) is -1.68. The van der Waals surface area contributed by atoms with Gasteiger partial charge in [0.15, 0.2) is 0 Å². The Kier molecular flexibility index (Phi) is 6.44. The fourth-order valence-corrected chi connectivity index (χ4v) is 5.04. The van der Waals surface area contributed by atoms with Gasteiger partial charge in [-0.15, -0.1) is 0 Å². The third kappa shape index (κ3) is 5.10. The Morgan fingerprint density at radius 2 is 1.91 bits per heavy atom. The Balaban J connectivity index is 1.78. The molecule has 3 aromatic rings. The van der Waals surface area contributed by atoms with Crippen molar-refractivity contribution < 1.29 is 21.6 Å². The molecule has 0 bridgehead atoms. The number of alkyl halides is 3. The Morgan fingerprint density at radius 3 is 2.56 bits per heavy atom. The van der Waals surface area contributed by atoms with E-state index in [1.807, 2.05) is 43.3 Å². The molecule has 1 aliphatic heterocycles. The summed E-state index contributed by atoms with van der Waals surface area (Å²) in [6.45, 7) is 2.88. The van der Waals surface area contributed by atoms with Crippen molar-refractivity contribution >= 4 is 15.5 Å². The minimum absolute atomic E-state index is 0.0281. The van der Waals surface area contributed by atoms with Gasteiger partial charge < -0.3 is 5.73 Å². The van der Waals surface area contributed by atoms with Crippen LogP contribution in [0.3, 0.4) is 0 Å². The van der Waals surface area contributed by atoms with Crippen LogP contribution in [0, 0.1) is 6.92 Å². The lowest BCUT2D eigenvalue weighted by Crippen LogP contribution is -2.39. The molecule has 2 N–H and O–H groups in total. The first-order valence-electron chi connectivity index (χ1n) is 10.9. The lowest BCUT2D eigenvalue weighted by Gasteiger charge is -2.38. The summed E-state index contributed by atoms with van der Waals surface area (Å²) in [5.41, 5.74) is 11.1. The van der Waals surface area contributed by atoms with E-state index >= 15 is 0 Å². The van der Waals surface area contributed by atoms with E-state index in [2.05, 4.69) is 9.88 Å². The normalized spacial score (nSPS) is 16.9. The zero-order valence-electron chi connectivity index (χ0n) is 18.9. The first-order valence-corrected chi connectivity index (χ1v) is 12.9. The standard InChI is InChI=1S/C25H26F3N3O2S/c1-16-6-7-17(14-21(16)23-9-8-18(15-30-23)25(26,27)28)24-20-4-3-5-22(29)19(20)10-11-31(24)12-13-34(2,32)33/h3-9,14-15,24H,10-13,29H2,1-2H3. The van der Waals surface area contributed by atoms with Crippen LogP contribution in [0.5, 0.6) is 0 Å². The number of anilines is 1. The summed E-state index contributed by atoms with van der Waals surface area (Å²) in [5, 5.41) is 0. The highest BCUT2D eigenvalue weighted by molar-refractivity contribution is 7.90. The van der Waals surface area contributed by atoms with E-state index in [0.29, 0.717) is 30.9 Å². The van der Waals surface area contributed by atoms with Gasteiger partial charge in [0.25, 0.3) is 0 Å². The molecule has 180 valence electrons. The van der Waals surface area contributed by atoms with Crippen molar-refractivity contribution in [1.82, 2.24) is 9.88 Å². The second-order valence-corrected chi connectivity index (χ2v) is 11.0. The van der Waals surface area contributed by atoms with Crippen molar-refractivity contribution in [2.45, 2.75) is 25.6 Å². The number of hydrogen-bond donors (Lipinski definition) is 1. The highest BCUT2D eigenvalue weighted by atomic mass is 32.2. The number of aromatic nitrogens is 1. The van der Waals surface area contributed by atoms with Crippen LogP contribution in [-0.4, -0.2) is 43.4 Å². The van der Waals surface area contributed by atoms with Crippen LogP contribution >= 0.6 is 0 Å². The van der Waals surface area contributed by atoms with Gasteiger partial charge in [-0.05, 0) is 59.9 Å². The number of sulfone groups is 1. The molecule has 5 nitrogen and oxygen atoms in total. The predicted molar refractivity (Wildman–Crippen MR) is 127 cm³/mol. The molecule has 4 rings (SSSR count). The molecule has 0 saturated carbocycles. The van der Waals surface area contributed by atoms with Gasteiger partial charge in [-0.1, -0.05) is 24.3 Å². The van der Waals surface area contributed by atoms with E-state index in [9.17, 15) is 21.6 Å². The largest absolute Gasteiger partial charge is 0.417 e. The summed E-state index contributed by atoms with van der Waals surface area (Å²) in [7, 11) is -3.16. The Morgan fingerprint density at radius 1 is 1.15 bits per heavy atom. The smallest absolute Gasteiger partial charge is 0.398 e. The molecule has 1 aliphatic rings. The van der Waals surface area contributed by atoms with Crippen LogP contribution in [0.1, 0.15) is 33.9 Å². The third-order valence-corrected chi connectivity index (χ3v) is 7.17. The summed E-state index contributed by atoms with van der Waals surface area (Å²) >= 11 is 0. The van der Waals surface area contributed by atoms with E-state index in [1.165, 1.54) is 12.3 Å². The number of halogens is 3. The van der Waals surface area contributed by atoms with E-state index in [-0.39, 0.29) is 11.8 Å². The minimum atomic E-state index is -4.45. The van der Waals surface area contributed by atoms with E-state index in [4.69, 9.17) is 5.73 Å². The van der Waals surface area contributed by atoms with Crippen molar-refractivity contribution in [3.63, 3.8) is 0 Å². The number of benzene rings is 2. The number of pyridine rings is 1. The van der Waals surface area contributed by atoms with E-state index in [0.717, 1.165) is 40.1 Å². The maximum absolute atomic E-state index is 13.0. The number of rotatable bonds is 5. The molecule has 1 unspecified atom stereocenters. The van der Waals surface area contributed by atoms with E-state index in [1.54, 1.807) is 0 Å². The summed E-state index contributed by atoms with van der Waals surface area (Å²) < 4.78 is 62.7. The van der Waals surface area contributed by atoms with Crippen LogP contribution in [0.2, 0.25) is 0 Å². The zero-order chi connectivity index (χ0) is 24.7. The van der Waals surface area contributed by atoms with Gasteiger partial charge in [-0.3, -0.25) is 9.88 Å². The monoisotopic (exact) mass is 489 g/mol. The Hall–Kier alpha value is -2.91. The molecule has 0 fully saturated rings. The van der Waals surface area contributed by atoms with Gasteiger partial charge in [0.1, 0.15) is 9.84 Å². The van der Waals surface area contributed by atoms with Gasteiger partial charge in [0.05, 0.1) is 23.1 Å². The molecule has 1 atom stereocenters. The third-order valence-electron chi connectivity index (χ3n) is 6.25. The van der Waals surface area contributed by atoms with Crippen LogP contribution in [0.4, 0.5) is 18.9 Å². The van der Waals surface area contributed by atoms with Crippen molar-refractivity contribution in [2.24, 2.45) is 0 Å². The van der Waals surface area contributed by atoms with Crippen molar-refractivity contribution in [1.29, 1.82) is 0 Å². The number of nitrogens with zero attached hydrogens (tertiary/aromatic N) is 2. The van der Waals surface area contributed by atoms with Crippen molar-refractivity contribution in [2.75, 3.05) is 30.8 Å². The molecular formula is C25H26F3N3O2S. The molecule has 0 spiro atoms. The van der Waals surface area contributed by atoms with Gasteiger partial charge in [0, 0.05) is 36.8 Å². The first kappa shape index (κ1) is 24.2. The maximum atomic E-state index is 13.0. The minimum Gasteiger partial charge on any atom is -0.398 e. The van der Waals surface area contributed by atoms with Crippen LogP contribution in [0.25, 0.3) is 11.3 Å². The molecular weight excluding hydrogens is 463 g/mol. The molecule has 2 heterocycles. The SMILES string of the molecule is Cc1ccc(C2c3cccc(N)c3CCN2CCS(C)(=O)=O)cc1-c1ccc(C(F)(F)F)cn1. The van der Waals surface area contributed by atoms with Gasteiger partial charge >= 0.3 is 6.18 Å². The lowest BCUT2D eigenvalue weighted by molar-refractivity contribution is -0.137. The van der Waals surface area contributed by atoms with Crippen LogP contribution in [-0.2, 0) is 22.4 Å². The van der Waals surface area contributed by atoms with E-state index < -0.39 is 21.6 Å². The fourth-order valence-electron chi connectivity index (χ4n) is 4.47.